The van der Waals surface area contributed by atoms with Crippen molar-refractivity contribution in [3.63, 3.8) is 0 Å². The first-order valence-corrected chi connectivity index (χ1v) is 6.99. The second-order valence-electron chi connectivity index (χ2n) is 4.35. The second-order valence-corrected chi connectivity index (χ2v) is 5.51. The van der Waals surface area contributed by atoms with Gasteiger partial charge >= 0.3 is 11.9 Å². The number of nitrogens with one attached hydrogen (secondary N) is 3. The predicted octanol–water partition coefficient (Wildman–Crippen LogP) is 3.01. The predicted molar refractivity (Wildman–Crippen MR) is 82.0 cm³/mol. The Morgan fingerprint density at radius 1 is 1.23 bits per heavy atom. The third-order valence-electron chi connectivity index (χ3n) is 2.78. The molecule has 0 spiro atoms. The van der Waals surface area contributed by atoms with E-state index in [1.807, 2.05) is 22.6 Å². The molecule has 0 amide bonds. The molecule has 0 aliphatic carbocycles. The quantitative estimate of drug-likeness (QED) is 0.556. The number of hydrogen-bond acceptors (Lipinski definition) is 4. The highest BCUT2D eigenvalue weighted by Gasteiger charge is 2.32. The lowest BCUT2D eigenvalue weighted by molar-refractivity contribution is -0.141. The van der Waals surface area contributed by atoms with Crippen molar-refractivity contribution in [2.45, 2.75) is 6.18 Å². The van der Waals surface area contributed by atoms with Crippen molar-refractivity contribution in [2.24, 2.45) is 0 Å². The summed E-state index contributed by atoms with van der Waals surface area (Å²) in [4.78, 5) is 23.7. The Labute approximate surface area is 134 Å². The SMILES string of the molecule is O=c1[nH]c2cc(Nc3nccc(C(F)(F)F)n3)cc(I)c2[nH]1. The number of nitrogens with zero attached hydrogens (tertiary/aromatic N) is 2. The minimum atomic E-state index is -4.54. The first-order valence-electron chi connectivity index (χ1n) is 5.92. The van der Waals surface area contributed by atoms with Gasteiger partial charge in [-0.25, -0.2) is 14.8 Å². The fourth-order valence-electron chi connectivity index (χ4n) is 1.88. The molecule has 0 saturated heterocycles. The van der Waals surface area contributed by atoms with E-state index in [0.717, 1.165) is 15.8 Å². The molecule has 2 aromatic heterocycles. The van der Waals surface area contributed by atoms with E-state index in [1.54, 1.807) is 12.1 Å². The number of hydrogen-bond donors (Lipinski definition) is 3. The lowest BCUT2D eigenvalue weighted by Gasteiger charge is -2.09. The molecule has 0 radical (unpaired) electrons. The average Bonchev–Trinajstić information content (AvgIpc) is 2.79. The van der Waals surface area contributed by atoms with Crippen LogP contribution in [0.5, 0.6) is 0 Å². The van der Waals surface area contributed by atoms with Crippen LogP contribution in [0.15, 0.2) is 29.2 Å². The van der Waals surface area contributed by atoms with Gasteiger partial charge in [-0.05, 0) is 40.8 Å². The Kier molecular flexibility index (Phi) is 3.54. The van der Waals surface area contributed by atoms with E-state index in [-0.39, 0.29) is 11.6 Å². The number of alkyl halides is 3. The Bertz CT molecular complexity index is 902. The van der Waals surface area contributed by atoms with Crippen molar-refractivity contribution < 1.29 is 13.2 Å². The zero-order chi connectivity index (χ0) is 15.9. The van der Waals surface area contributed by atoms with Crippen LogP contribution >= 0.6 is 22.6 Å². The molecule has 22 heavy (non-hydrogen) atoms. The van der Waals surface area contributed by atoms with E-state index in [2.05, 4.69) is 25.3 Å². The summed E-state index contributed by atoms with van der Waals surface area (Å²) in [5, 5.41) is 2.70. The van der Waals surface area contributed by atoms with Gasteiger partial charge in [-0.15, -0.1) is 0 Å². The van der Waals surface area contributed by atoms with Gasteiger partial charge in [-0.3, -0.25) is 0 Å². The number of rotatable bonds is 2. The van der Waals surface area contributed by atoms with Crippen molar-refractivity contribution in [3.05, 3.63) is 44.1 Å². The van der Waals surface area contributed by atoms with Gasteiger partial charge in [-0.1, -0.05) is 0 Å². The van der Waals surface area contributed by atoms with Crippen molar-refractivity contribution in [1.29, 1.82) is 0 Å². The van der Waals surface area contributed by atoms with E-state index >= 15 is 0 Å². The van der Waals surface area contributed by atoms with E-state index in [9.17, 15) is 18.0 Å². The third-order valence-corrected chi connectivity index (χ3v) is 3.63. The van der Waals surface area contributed by atoms with Crippen LogP contribution < -0.4 is 11.0 Å². The fraction of sp³-hybridized carbons (Fsp3) is 0.0833. The summed E-state index contributed by atoms with van der Waals surface area (Å²) in [6, 6.07) is 4.04. The van der Waals surface area contributed by atoms with Crippen molar-refractivity contribution >= 4 is 45.3 Å². The number of aromatic nitrogens is 4. The summed E-state index contributed by atoms with van der Waals surface area (Å²) in [5.41, 5.74) is 0.232. The molecule has 6 nitrogen and oxygen atoms in total. The summed E-state index contributed by atoms with van der Waals surface area (Å²) in [5.74, 6) is -0.178. The van der Waals surface area contributed by atoms with Gasteiger partial charge < -0.3 is 15.3 Å². The molecule has 3 N–H and O–H groups in total. The van der Waals surface area contributed by atoms with Crippen molar-refractivity contribution in [1.82, 2.24) is 19.9 Å². The minimum absolute atomic E-state index is 0.178. The zero-order valence-corrected chi connectivity index (χ0v) is 12.8. The number of benzene rings is 1. The Morgan fingerprint density at radius 2 is 2.00 bits per heavy atom. The normalized spacial score (nSPS) is 11.8. The van der Waals surface area contributed by atoms with E-state index in [0.29, 0.717) is 16.7 Å². The zero-order valence-electron chi connectivity index (χ0n) is 10.6. The van der Waals surface area contributed by atoms with E-state index in [4.69, 9.17) is 0 Å². The number of fused-ring (bicyclic) bond motifs is 1. The van der Waals surface area contributed by atoms with Gasteiger partial charge in [0.2, 0.25) is 5.95 Å². The molecule has 3 rings (SSSR count). The first kappa shape index (κ1) is 14.8. The van der Waals surface area contributed by atoms with Crippen LogP contribution in [0.4, 0.5) is 24.8 Å². The lowest BCUT2D eigenvalue weighted by Crippen LogP contribution is -2.10. The van der Waals surface area contributed by atoms with Crippen molar-refractivity contribution in [3.8, 4) is 0 Å². The summed E-state index contributed by atoms with van der Waals surface area (Å²) in [6.07, 6.45) is -3.51. The van der Waals surface area contributed by atoms with Crippen LogP contribution in [-0.4, -0.2) is 19.9 Å². The Hall–Kier alpha value is -2.11. The summed E-state index contributed by atoms with van der Waals surface area (Å²) < 4.78 is 38.6. The molecule has 0 atom stereocenters. The van der Waals surface area contributed by atoms with Crippen LogP contribution in [0, 0.1) is 3.57 Å². The molecular weight excluding hydrogens is 414 g/mol. The molecule has 1 aromatic carbocycles. The topological polar surface area (TPSA) is 86.5 Å². The molecule has 10 heteroatoms. The standard InChI is InChI=1S/C12H7F3IN5O/c13-12(14,15)8-1-2-17-10(20-8)18-5-3-6(16)9-7(4-5)19-11(22)21-9/h1-4H,(H,17,18,20)(H2,19,21,22). The number of anilines is 2. The van der Waals surface area contributed by atoms with Crippen LogP contribution in [0.25, 0.3) is 11.0 Å². The minimum Gasteiger partial charge on any atom is -0.324 e. The third kappa shape index (κ3) is 2.91. The molecule has 0 aliphatic rings. The average molecular weight is 421 g/mol. The second kappa shape index (κ2) is 5.26. The van der Waals surface area contributed by atoms with Gasteiger partial charge in [-0.2, -0.15) is 13.2 Å². The number of imidazole rings is 1. The van der Waals surface area contributed by atoms with Gasteiger partial charge in [0.05, 0.1) is 11.0 Å². The Morgan fingerprint density at radius 3 is 2.73 bits per heavy atom. The molecule has 0 bridgehead atoms. The van der Waals surface area contributed by atoms with Crippen LogP contribution in [0.2, 0.25) is 0 Å². The summed E-state index contributed by atoms with van der Waals surface area (Å²) in [7, 11) is 0. The number of halogens is 4. The fourth-order valence-corrected chi connectivity index (χ4v) is 2.64. The maximum atomic E-state index is 12.6. The van der Waals surface area contributed by atoms with Crippen LogP contribution in [0.3, 0.4) is 0 Å². The maximum Gasteiger partial charge on any atom is 0.433 e. The summed E-state index contributed by atoms with van der Waals surface area (Å²) >= 11 is 2.01. The molecule has 2 heterocycles. The molecule has 0 unspecified atom stereocenters. The highest BCUT2D eigenvalue weighted by molar-refractivity contribution is 14.1. The largest absolute Gasteiger partial charge is 0.433 e. The van der Waals surface area contributed by atoms with Crippen molar-refractivity contribution in [2.75, 3.05) is 5.32 Å². The van der Waals surface area contributed by atoms with Crippen LogP contribution in [0.1, 0.15) is 5.69 Å². The van der Waals surface area contributed by atoms with E-state index in [1.165, 1.54) is 0 Å². The monoisotopic (exact) mass is 421 g/mol. The van der Waals surface area contributed by atoms with Gasteiger partial charge in [0.15, 0.2) is 0 Å². The van der Waals surface area contributed by atoms with Gasteiger partial charge in [0.25, 0.3) is 0 Å². The Balaban J connectivity index is 1.98. The highest BCUT2D eigenvalue weighted by atomic mass is 127. The van der Waals surface area contributed by atoms with Gasteiger partial charge in [0.1, 0.15) is 5.69 Å². The molecule has 0 saturated carbocycles. The maximum absolute atomic E-state index is 12.6. The van der Waals surface area contributed by atoms with Crippen LogP contribution in [-0.2, 0) is 6.18 Å². The summed E-state index contributed by atoms with van der Waals surface area (Å²) in [6.45, 7) is 0. The molecule has 0 fully saturated rings. The number of aromatic amines is 2. The highest BCUT2D eigenvalue weighted by Crippen LogP contribution is 2.28. The molecular formula is C12H7F3IN5O. The van der Waals surface area contributed by atoms with Gasteiger partial charge in [0, 0.05) is 15.5 Å². The first-order chi connectivity index (χ1) is 10.3. The molecule has 3 aromatic rings. The number of H-pyrrole nitrogens is 2. The smallest absolute Gasteiger partial charge is 0.324 e. The lowest BCUT2D eigenvalue weighted by atomic mass is 10.3. The van der Waals surface area contributed by atoms with E-state index < -0.39 is 11.9 Å². The molecule has 114 valence electrons. The molecule has 0 aliphatic heterocycles.